The molecule has 6 atom stereocenters. The van der Waals surface area contributed by atoms with Crippen molar-refractivity contribution in [3.05, 3.63) is 0 Å². The maximum atomic E-state index is 9.39. The highest BCUT2D eigenvalue weighted by Gasteiger charge is 2.57. The molecule has 1 aliphatic heterocycles. The van der Waals surface area contributed by atoms with Gasteiger partial charge >= 0.3 is 0 Å². The van der Waals surface area contributed by atoms with Gasteiger partial charge in [-0.05, 0) is 0 Å². The highest BCUT2D eigenvalue weighted by atomic mass is 16.4. The molecular formula is C7H13NO4. The molecule has 2 rings (SSSR count). The molecule has 1 saturated heterocycles. The molecule has 0 spiro atoms. The molecule has 5 heteroatoms. The van der Waals surface area contributed by atoms with E-state index in [4.69, 9.17) is 5.11 Å². The van der Waals surface area contributed by atoms with Crippen LogP contribution in [0.5, 0.6) is 0 Å². The van der Waals surface area contributed by atoms with Gasteiger partial charge in [0.25, 0.3) is 0 Å². The van der Waals surface area contributed by atoms with Crippen LogP contribution in [0.2, 0.25) is 0 Å². The van der Waals surface area contributed by atoms with Crippen molar-refractivity contribution in [3.8, 4) is 0 Å². The molecule has 0 amide bonds. The van der Waals surface area contributed by atoms with Crippen LogP contribution in [0.4, 0.5) is 0 Å². The van der Waals surface area contributed by atoms with E-state index in [1.165, 1.54) is 0 Å². The Kier molecular flexibility index (Phi) is 1.85. The number of fused-ring (bicyclic) bond motifs is 1. The van der Waals surface area contributed by atoms with Gasteiger partial charge in [0.2, 0.25) is 0 Å². The van der Waals surface area contributed by atoms with E-state index in [-0.39, 0.29) is 24.6 Å². The highest BCUT2D eigenvalue weighted by Crippen LogP contribution is 2.34. The summed E-state index contributed by atoms with van der Waals surface area (Å²) >= 11 is 0. The van der Waals surface area contributed by atoms with E-state index in [0.29, 0.717) is 0 Å². The minimum atomic E-state index is -1.14. The molecular weight excluding hydrogens is 162 g/mol. The quantitative estimate of drug-likeness (QED) is 0.274. The summed E-state index contributed by atoms with van der Waals surface area (Å²) in [6.45, 7) is -0.168. The highest BCUT2D eigenvalue weighted by molar-refractivity contribution is 5.15. The normalized spacial score (nSPS) is 58.0. The van der Waals surface area contributed by atoms with Crippen LogP contribution < -0.4 is 5.32 Å². The van der Waals surface area contributed by atoms with Crippen molar-refractivity contribution in [3.63, 3.8) is 0 Å². The Morgan fingerprint density at radius 2 is 1.58 bits per heavy atom. The van der Waals surface area contributed by atoms with Crippen LogP contribution in [0.15, 0.2) is 0 Å². The predicted octanol–water partition coefficient (Wildman–Crippen LogP) is -2.97. The first-order valence-corrected chi connectivity index (χ1v) is 4.08. The predicted molar refractivity (Wildman–Crippen MR) is 39.3 cm³/mol. The third-order valence-electron chi connectivity index (χ3n) is 2.84. The first-order chi connectivity index (χ1) is 5.66. The lowest BCUT2D eigenvalue weighted by Gasteiger charge is -2.32. The van der Waals surface area contributed by atoms with Gasteiger partial charge in [-0.15, -0.1) is 0 Å². The lowest BCUT2D eigenvalue weighted by atomic mass is 9.83. The third-order valence-corrected chi connectivity index (χ3v) is 2.84. The molecule has 0 bridgehead atoms. The lowest BCUT2D eigenvalue weighted by molar-refractivity contribution is -0.105. The van der Waals surface area contributed by atoms with Gasteiger partial charge in [-0.3, -0.25) is 0 Å². The summed E-state index contributed by atoms with van der Waals surface area (Å²) in [6, 6.07) is -0.191. The van der Waals surface area contributed by atoms with Crippen molar-refractivity contribution in [2.24, 2.45) is 5.92 Å². The van der Waals surface area contributed by atoms with Gasteiger partial charge in [0.15, 0.2) is 0 Å². The zero-order valence-electron chi connectivity index (χ0n) is 6.46. The Morgan fingerprint density at radius 3 is 2.17 bits per heavy atom. The van der Waals surface area contributed by atoms with E-state index in [1.54, 1.807) is 0 Å². The fraction of sp³-hybridized carbons (Fsp3) is 1.00. The third kappa shape index (κ3) is 0.982. The van der Waals surface area contributed by atoms with Crippen LogP contribution in [-0.4, -0.2) is 57.4 Å². The fourth-order valence-corrected chi connectivity index (χ4v) is 1.97. The standard InChI is InChI=1S/C7H13NO4/c9-1-2-3-4(8-3)6(11)7(12)5(2)10/h2-12H,1H2/t2-,3+,4+,5-,6-,7-/m0/s1. The Hall–Kier alpha value is -0.200. The Labute approximate surface area is 69.6 Å². The molecule has 0 aromatic rings. The van der Waals surface area contributed by atoms with Gasteiger partial charge in [-0.2, -0.15) is 0 Å². The number of hydrogen-bond donors (Lipinski definition) is 5. The summed E-state index contributed by atoms with van der Waals surface area (Å²) in [5.74, 6) is -0.353. The number of nitrogens with one attached hydrogen (secondary N) is 1. The van der Waals surface area contributed by atoms with E-state index < -0.39 is 18.3 Å². The molecule has 70 valence electrons. The summed E-state index contributed by atoms with van der Waals surface area (Å²) in [5, 5.41) is 39.8. The molecule has 5 nitrogen and oxygen atoms in total. The van der Waals surface area contributed by atoms with Crippen molar-refractivity contribution in [2.75, 3.05) is 6.61 Å². The number of aliphatic hydroxyl groups excluding tert-OH is 4. The molecule has 0 radical (unpaired) electrons. The summed E-state index contributed by atoms with van der Waals surface area (Å²) in [6.07, 6.45) is -3.08. The molecule has 1 aliphatic carbocycles. The average molecular weight is 175 g/mol. The van der Waals surface area contributed by atoms with Crippen molar-refractivity contribution in [1.82, 2.24) is 5.32 Å². The minimum absolute atomic E-state index is 0.0385. The summed E-state index contributed by atoms with van der Waals surface area (Å²) in [5.41, 5.74) is 0. The van der Waals surface area contributed by atoms with Gasteiger partial charge in [-0.1, -0.05) is 0 Å². The van der Waals surface area contributed by atoms with Crippen LogP contribution in [0.25, 0.3) is 0 Å². The zero-order valence-corrected chi connectivity index (χ0v) is 6.46. The maximum Gasteiger partial charge on any atom is 0.108 e. The summed E-state index contributed by atoms with van der Waals surface area (Å²) < 4.78 is 0. The molecule has 12 heavy (non-hydrogen) atoms. The first-order valence-electron chi connectivity index (χ1n) is 4.08. The van der Waals surface area contributed by atoms with E-state index in [1.807, 2.05) is 0 Å². The molecule has 0 aromatic heterocycles. The zero-order chi connectivity index (χ0) is 8.88. The summed E-state index contributed by atoms with van der Waals surface area (Å²) in [7, 11) is 0. The maximum absolute atomic E-state index is 9.39. The minimum Gasteiger partial charge on any atom is -0.396 e. The molecule has 2 aliphatic rings. The molecule has 0 aromatic carbocycles. The Balaban J connectivity index is 2.11. The molecule has 1 saturated carbocycles. The van der Waals surface area contributed by atoms with Crippen LogP contribution >= 0.6 is 0 Å². The fourth-order valence-electron chi connectivity index (χ4n) is 1.97. The number of rotatable bonds is 1. The number of hydrogen-bond acceptors (Lipinski definition) is 5. The lowest BCUT2D eigenvalue weighted by Crippen LogP contribution is -2.52. The van der Waals surface area contributed by atoms with Gasteiger partial charge in [0.05, 0.1) is 24.9 Å². The van der Waals surface area contributed by atoms with Crippen LogP contribution in [-0.2, 0) is 0 Å². The van der Waals surface area contributed by atoms with Crippen LogP contribution in [0.1, 0.15) is 0 Å². The van der Waals surface area contributed by atoms with Crippen LogP contribution in [0.3, 0.4) is 0 Å². The molecule has 0 unspecified atom stereocenters. The molecule has 5 N–H and O–H groups in total. The van der Waals surface area contributed by atoms with Crippen molar-refractivity contribution in [2.45, 2.75) is 30.4 Å². The van der Waals surface area contributed by atoms with Crippen molar-refractivity contribution < 1.29 is 20.4 Å². The SMILES string of the molecule is OC[C@@H]1[C@H](O)[C@H](O)[C@@H](O)[C@@H]2N[C@H]12. The number of aliphatic hydroxyl groups is 4. The largest absolute Gasteiger partial charge is 0.396 e. The summed E-state index contributed by atoms with van der Waals surface area (Å²) in [4.78, 5) is 0. The van der Waals surface area contributed by atoms with Crippen molar-refractivity contribution >= 4 is 0 Å². The first kappa shape index (κ1) is 8.40. The smallest absolute Gasteiger partial charge is 0.108 e. The second-order valence-electron chi connectivity index (χ2n) is 3.54. The van der Waals surface area contributed by atoms with Gasteiger partial charge in [-0.25, -0.2) is 0 Å². The van der Waals surface area contributed by atoms with Crippen LogP contribution in [0, 0.1) is 5.92 Å². The second-order valence-corrected chi connectivity index (χ2v) is 3.54. The van der Waals surface area contributed by atoms with Gasteiger partial charge in [0.1, 0.15) is 6.10 Å². The van der Waals surface area contributed by atoms with Crippen molar-refractivity contribution in [1.29, 1.82) is 0 Å². The topological polar surface area (TPSA) is 103 Å². The van der Waals surface area contributed by atoms with Gasteiger partial charge in [0, 0.05) is 12.0 Å². The van der Waals surface area contributed by atoms with E-state index >= 15 is 0 Å². The Bertz CT molecular complexity index is 188. The average Bonchev–Trinajstić information content (AvgIpc) is 2.81. The Morgan fingerprint density at radius 1 is 0.917 bits per heavy atom. The van der Waals surface area contributed by atoms with E-state index in [0.717, 1.165) is 0 Å². The molecule has 2 fully saturated rings. The van der Waals surface area contributed by atoms with E-state index in [2.05, 4.69) is 5.32 Å². The van der Waals surface area contributed by atoms with E-state index in [9.17, 15) is 15.3 Å². The van der Waals surface area contributed by atoms with Gasteiger partial charge < -0.3 is 25.7 Å². The molecule has 1 heterocycles. The second kappa shape index (κ2) is 2.65. The monoisotopic (exact) mass is 175 g/mol.